The first kappa shape index (κ1) is 20.0. The Kier molecular flexibility index (Phi) is 6.22. The molecule has 0 aromatic heterocycles. The number of aliphatic hydroxyl groups is 6. The van der Waals surface area contributed by atoms with E-state index in [1.807, 2.05) is 0 Å². The fourth-order valence-corrected chi connectivity index (χ4v) is 3.49. The Hall–Kier alpha value is -0.360. The molecule has 9 nitrogen and oxygen atoms in total. The third-order valence-electron chi connectivity index (χ3n) is 5.03. The minimum absolute atomic E-state index is 0.307. The highest BCUT2D eigenvalue weighted by atomic mass is 16.7. The topological polar surface area (TPSA) is 149 Å². The molecule has 6 N–H and O–H groups in total. The van der Waals surface area contributed by atoms with Crippen molar-refractivity contribution in [3.63, 3.8) is 0 Å². The fourth-order valence-electron chi connectivity index (χ4n) is 3.49. The van der Waals surface area contributed by atoms with Crippen LogP contribution in [0.2, 0.25) is 0 Å². The van der Waals surface area contributed by atoms with Crippen LogP contribution in [-0.4, -0.2) is 98.5 Å². The monoisotopic (exact) mass is 352 g/mol. The highest BCUT2D eigenvalue weighted by Gasteiger charge is 2.63. The molecule has 0 aliphatic carbocycles. The second-order valence-corrected chi connectivity index (χ2v) is 6.39. The summed E-state index contributed by atoms with van der Waals surface area (Å²) in [5.41, 5.74) is 0. The summed E-state index contributed by atoms with van der Waals surface area (Å²) in [6.07, 6.45) is -11.6. The zero-order valence-corrected chi connectivity index (χ0v) is 14.0. The Bertz CT molecular complexity index is 418. The molecule has 2 rings (SSSR count). The molecule has 0 bridgehead atoms. The average Bonchev–Trinajstić information content (AvgIpc) is 2.59. The van der Waals surface area contributed by atoms with Gasteiger partial charge in [-0.05, 0) is 12.8 Å². The Labute approximate surface area is 140 Å². The molecule has 2 fully saturated rings. The second-order valence-electron chi connectivity index (χ2n) is 6.39. The average molecular weight is 352 g/mol. The maximum absolute atomic E-state index is 10.5. The molecule has 2 heterocycles. The predicted molar refractivity (Wildman–Crippen MR) is 79.9 cm³/mol. The van der Waals surface area contributed by atoms with E-state index in [-0.39, 0.29) is 0 Å². The van der Waals surface area contributed by atoms with E-state index < -0.39 is 60.7 Å². The molecule has 0 aromatic carbocycles. The van der Waals surface area contributed by atoms with Gasteiger partial charge < -0.3 is 44.8 Å². The fraction of sp³-hybridized carbons (Fsp3) is 1.00. The van der Waals surface area contributed by atoms with Crippen molar-refractivity contribution in [3.8, 4) is 0 Å². The summed E-state index contributed by atoms with van der Waals surface area (Å²) in [4.78, 5) is 0. The van der Waals surface area contributed by atoms with E-state index in [4.69, 9.17) is 14.2 Å². The van der Waals surface area contributed by atoms with Crippen LogP contribution in [0.3, 0.4) is 0 Å². The summed E-state index contributed by atoms with van der Waals surface area (Å²) in [7, 11) is 1.20. The van der Waals surface area contributed by atoms with Crippen LogP contribution in [0.5, 0.6) is 0 Å². The third-order valence-corrected chi connectivity index (χ3v) is 5.03. The molecule has 142 valence electrons. The molecular formula is C15H28O9. The van der Waals surface area contributed by atoms with Gasteiger partial charge in [0, 0.05) is 7.11 Å². The molecule has 9 heteroatoms. The number of rotatable bonds is 4. The van der Waals surface area contributed by atoms with Crippen molar-refractivity contribution in [3.05, 3.63) is 0 Å². The Morgan fingerprint density at radius 1 is 0.792 bits per heavy atom. The van der Waals surface area contributed by atoms with E-state index in [9.17, 15) is 30.6 Å². The van der Waals surface area contributed by atoms with Crippen LogP contribution in [0.1, 0.15) is 26.7 Å². The van der Waals surface area contributed by atoms with E-state index in [1.165, 1.54) is 7.11 Å². The minimum atomic E-state index is -2.01. The van der Waals surface area contributed by atoms with Gasteiger partial charge in [0.05, 0.1) is 12.2 Å². The molecule has 0 amide bonds. The van der Waals surface area contributed by atoms with E-state index in [2.05, 4.69) is 0 Å². The molecule has 0 aromatic rings. The van der Waals surface area contributed by atoms with Crippen molar-refractivity contribution in [1.29, 1.82) is 0 Å². The first-order chi connectivity index (χ1) is 11.2. The largest absolute Gasteiger partial charge is 0.388 e. The molecule has 2 aliphatic rings. The lowest BCUT2D eigenvalue weighted by atomic mass is 9.82. The number of methoxy groups -OCH3 is 1. The van der Waals surface area contributed by atoms with Gasteiger partial charge in [-0.2, -0.15) is 0 Å². The Morgan fingerprint density at radius 3 is 1.83 bits per heavy atom. The zero-order chi connectivity index (χ0) is 18.2. The molecule has 2 saturated heterocycles. The van der Waals surface area contributed by atoms with Crippen LogP contribution in [0.4, 0.5) is 0 Å². The van der Waals surface area contributed by atoms with E-state index in [0.717, 1.165) is 0 Å². The van der Waals surface area contributed by atoms with Crippen molar-refractivity contribution in [1.82, 2.24) is 0 Å². The molecule has 0 radical (unpaired) electrons. The van der Waals surface area contributed by atoms with Gasteiger partial charge >= 0.3 is 0 Å². The maximum Gasteiger partial charge on any atom is 0.227 e. The van der Waals surface area contributed by atoms with E-state index >= 15 is 0 Å². The minimum Gasteiger partial charge on any atom is -0.388 e. The van der Waals surface area contributed by atoms with Crippen LogP contribution in [0.15, 0.2) is 0 Å². The zero-order valence-electron chi connectivity index (χ0n) is 14.0. The van der Waals surface area contributed by atoms with Crippen molar-refractivity contribution in [2.24, 2.45) is 0 Å². The summed E-state index contributed by atoms with van der Waals surface area (Å²) in [5, 5.41) is 61.0. The third kappa shape index (κ3) is 2.98. The van der Waals surface area contributed by atoms with Crippen molar-refractivity contribution in [2.45, 2.75) is 87.4 Å². The summed E-state index contributed by atoms with van der Waals surface area (Å²) < 4.78 is 16.6. The van der Waals surface area contributed by atoms with Gasteiger partial charge in [0.1, 0.15) is 42.7 Å². The number of hydrogen-bond donors (Lipinski definition) is 6. The Morgan fingerprint density at radius 2 is 1.33 bits per heavy atom. The normalized spacial score (nSPS) is 53.1. The lowest BCUT2D eigenvalue weighted by molar-refractivity contribution is -0.410. The van der Waals surface area contributed by atoms with Gasteiger partial charge in [-0.3, -0.25) is 0 Å². The number of hydrogen-bond acceptors (Lipinski definition) is 9. The van der Waals surface area contributed by atoms with Crippen LogP contribution in [0, 0.1) is 0 Å². The van der Waals surface area contributed by atoms with Gasteiger partial charge in [-0.15, -0.1) is 0 Å². The lowest BCUT2D eigenvalue weighted by Gasteiger charge is -2.54. The summed E-state index contributed by atoms with van der Waals surface area (Å²) in [5.74, 6) is -2.01. The van der Waals surface area contributed by atoms with Gasteiger partial charge in [-0.25, -0.2) is 0 Å². The van der Waals surface area contributed by atoms with Crippen molar-refractivity contribution < 1.29 is 44.8 Å². The summed E-state index contributed by atoms with van der Waals surface area (Å²) in [6.45, 7) is 3.44. The van der Waals surface area contributed by atoms with Gasteiger partial charge in [0.25, 0.3) is 0 Å². The van der Waals surface area contributed by atoms with Gasteiger partial charge in [0.2, 0.25) is 5.79 Å². The quantitative estimate of drug-likeness (QED) is 0.322. The highest BCUT2D eigenvalue weighted by molar-refractivity contribution is 5.06. The Balaban J connectivity index is 2.40. The first-order valence-electron chi connectivity index (χ1n) is 8.21. The number of aliphatic hydroxyl groups excluding tert-OH is 6. The summed E-state index contributed by atoms with van der Waals surface area (Å²) >= 11 is 0. The molecule has 10 atom stereocenters. The maximum atomic E-state index is 10.5. The molecule has 0 spiro atoms. The van der Waals surface area contributed by atoms with Crippen LogP contribution in [0.25, 0.3) is 0 Å². The summed E-state index contributed by atoms with van der Waals surface area (Å²) in [6, 6.07) is 0. The van der Waals surface area contributed by atoms with Crippen LogP contribution in [-0.2, 0) is 14.2 Å². The smallest absolute Gasteiger partial charge is 0.227 e. The molecule has 2 aliphatic heterocycles. The van der Waals surface area contributed by atoms with Crippen LogP contribution < -0.4 is 0 Å². The molecule has 24 heavy (non-hydrogen) atoms. The molecular weight excluding hydrogens is 324 g/mol. The molecule has 0 saturated carbocycles. The highest BCUT2D eigenvalue weighted by Crippen LogP contribution is 2.40. The molecule has 10 unspecified atom stereocenters. The number of ether oxygens (including phenoxy) is 3. The van der Waals surface area contributed by atoms with E-state index in [0.29, 0.717) is 12.8 Å². The van der Waals surface area contributed by atoms with Crippen molar-refractivity contribution in [2.75, 3.05) is 7.11 Å². The predicted octanol–water partition coefficient (Wildman–Crippen LogP) is -2.52. The van der Waals surface area contributed by atoms with Gasteiger partial charge in [0.15, 0.2) is 0 Å². The van der Waals surface area contributed by atoms with Crippen LogP contribution >= 0.6 is 0 Å². The van der Waals surface area contributed by atoms with Crippen molar-refractivity contribution >= 4 is 0 Å². The lowest BCUT2D eigenvalue weighted by Crippen LogP contribution is -2.75. The SMILES string of the molecule is CCC1OC(C2(OC)OC(CC)C(O)C(O)C2O)C(O)C(O)C1O. The standard InChI is InChI=1S/C15H28O9/c1-4-6-8(16)10(18)12(20)14(23-6)15(22-3)13(21)11(19)9(17)7(5-2)24-15/h6-14,16-21H,4-5H2,1-3H3. The second kappa shape index (κ2) is 7.48. The first-order valence-corrected chi connectivity index (χ1v) is 8.21. The van der Waals surface area contributed by atoms with E-state index in [1.54, 1.807) is 13.8 Å². The van der Waals surface area contributed by atoms with Gasteiger partial charge in [-0.1, -0.05) is 13.8 Å².